The summed E-state index contributed by atoms with van der Waals surface area (Å²) in [5, 5.41) is 2.89. The van der Waals surface area contributed by atoms with Crippen LogP contribution in [0.2, 0.25) is 0 Å². The van der Waals surface area contributed by atoms with Crippen LogP contribution >= 0.6 is 0 Å². The summed E-state index contributed by atoms with van der Waals surface area (Å²) >= 11 is 0. The van der Waals surface area contributed by atoms with E-state index in [1.165, 1.54) is 0 Å². The van der Waals surface area contributed by atoms with Crippen LogP contribution in [0.4, 0.5) is 4.79 Å². The predicted molar refractivity (Wildman–Crippen MR) is 122 cm³/mol. The number of rotatable bonds is 8. The lowest BCUT2D eigenvalue weighted by molar-refractivity contribution is -0.144. The number of esters is 1. The lowest BCUT2D eigenvalue weighted by atomic mass is 9.85. The topological polar surface area (TPSA) is 83.1 Å². The van der Waals surface area contributed by atoms with Crippen LogP contribution in [0.15, 0.2) is 54.6 Å². The quantitative estimate of drug-likeness (QED) is 0.481. The molecule has 1 amide bonds. The lowest BCUT2D eigenvalue weighted by Crippen LogP contribution is -2.50. The molecule has 1 saturated carbocycles. The molecule has 2 aromatic carbocycles. The highest BCUT2D eigenvalue weighted by Crippen LogP contribution is 2.68. The maximum Gasteiger partial charge on any atom is 0.408 e. The molecule has 2 aliphatic rings. The van der Waals surface area contributed by atoms with E-state index in [9.17, 15) is 9.59 Å². The molecule has 1 N–H and O–H groups in total. The highest BCUT2D eigenvalue weighted by Gasteiger charge is 2.85. The predicted octanol–water partition coefficient (Wildman–Crippen LogP) is 3.99. The second-order valence-corrected chi connectivity index (χ2v) is 9.58. The van der Waals surface area contributed by atoms with Gasteiger partial charge in [0.2, 0.25) is 0 Å². The average molecular weight is 454 g/mol. The van der Waals surface area contributed by atoms with Gasteiger partial charge < -0.3 is 24.3 Å². The molecule has 1 aliphatic carbocycles. The van der Waals surface area contributed by atoms with Gasteiger partial charge in [-0.2, -0.15) is 0 Å². The molecule has 0 unspecified atom stereocenters. The first kappa shape index (κ1) is 23.1. The van der Waals surface area contributed by atoms with Crippen molar-refractivity contribution in [2.75, 3.05) is 20.3 Å². The number of hydrogen-bond donors (Lipinski definition) is 1. The van der Waals surface area contributed by atoms with E-state index < -0.39 is 28.6 Å². The summed E-state index contributed by atoms with van der Waals surface area (Å²) in [4.78, 5) is 25.8. The number of cyclic esters (lactones) is 1. The number of amides is 1. The summed E-state index contributed by atoms with van der Waals surface area (Å²) in [7, 11) is 1.60. The van der Waals surface area contributed by atoms with Crippen LogP contribution in [0.3, 0.4) is 0 Å². The summed E-state index contributed by atoms with van der Waals surface area (Å²) in [5.74, 6) is 0.0181. The molecule has 3 atom stereocenters. The molecule has 1 heterocycles. The van der Waals surface area contributed by atoms with Gasteiger partial charge in [0.25, 0.3) is 0 Å². The van der Waals surface area contributed by atoms with Gasteiger partial charge in [-0.25, -0.2) is 9.59 Å². The molecule has 0 radical (unpaired) electrons. The molecule has 1 saturated heterocycles. The summed E-state index contributed by atoms with van der Waals surface area (Å²) in [6.45, 7) is 6.46. The molecular weight excluding hydrogens is 422 g/mol. The lowest BCUT2D eigenvalue weighted by Gasteiger charge is -2.28. The van der Waals surface area contributed by atoms with E-state index >= 15 is 0 Å². The fourth-order valence-corrected chi connectivity index (χ4v) is 5.04. The van der Waals surface area contributed by atoms with E-state index in [1.807, 2.05) is 54.6 Å². The van der Waals surface area contributed by atoms with Gasteiger partial charge in [-0.1, -0.05) is 42.5 Å². The molecule has 4 rings (SSSR count). The van der Waals surface area contributed by atoms with Gasteiger partial charge >= 0.3 is 12.1 Å². The second kappa shape index (κ2) is 8.71. The smallest absolute Gasteiger partial charge is 0.408 e. The van der Waals surface area contributed by atoms with Crippen molar-refractivity contribution in [3.05, 3.63) is 65.7 Å². The zero-order valence-electron chi connectivity index (χ0n) is 19.6. The van der Waals surface area contributed by atoms with Crippen molar-refractivity contribution in [1.82, 2.24) is 5.32 Å². The molecule has 0 spiro atoms. The van der Waals surface area contributed by atoms with E-state index in [2.05, 4.69) is 5.32 Å². The van der Waals surface area contributed by atoms with Crippen molar-refractivity contribution in [3.63, 3.8) is 0 Å². The number of ether oxygens (including phenoxy) is 4. The Morgan fingerprint density at radius 2 is 1.91 bits per heavy atom. The number of carbonyl (C=O) groups excluding carboxylic acids is 2. The van der Waals surface area contributed by atoms with Crippen LogP contribution in [0.5, 0.6) is 5.75 Å². The average Bonchev–Trinajstić information content (AvgIpc) is 3.19. The molecular formula is C26H31NO6. The molecule has 176 valence electrons. The number of benzene rings is 2. The first-order valence-corrected chi connectivity index (χ1v) is 11.2. The third-order valence-electron chi connectivity index (χ3n) is 6.48. The minimum absolute atomic E-state index is 0.225. The Hall–Kier alpha value is -3.06. The van der Waals surface area contributed by atoms with Crippen molar-refractivity contribution in [3.8, 4) is 5.75 Å². The second-order valence-electron chi connectivity index (χ2n) is 9.58. The van der Waals surface area contributed by atoms with E-state index in [0.717, 1.165) is 11.1 Å². The maximum absolute atomic E-state index is 13.1. The molecule has 33 heavy (non-hydrogen) atoms. The molecule has 2 fully saturated rings. The fraction of sp³-hybridized carbons (Fsp3) is 0.462. The fourth-order valence-electron chi connectivity index (χ4n) is 5.04. The summed E-state index contributed by atoms with van der Waals surface area (Å²) in [6.07, 6.45) is -0.107. The van der Waals surface area contributed by atoms with Crippen LogP contribution < -0.4 is 10.1 Å². The van der Waals surface area contributed by atoms with Crippen LogP contribution in [0, 0.1) is 5.92 Å². The molecule has 7 nitrogen and oxygen atoms in total. The normalized spacial score (nSPS) is 25.7. The van der Waals surface area contributed by atoms with Crippen LogP contribution in [-0.2, 0) is 31.0 Å². The van der Waals surface area contributed by atoms with Crippen molar-refractivity contribution in [1.29, 1.82) is 0 Å². The van der Waals surface area contributed by atoms with Gasteiger partial charge in [0, 0.05) is 17.9 Å². The van der Waals surface area contributed by atoms with E-state index in [1.54, 1.807) is 27.9 Å². The Labute approximate surface area is 194 Å². The maximum atomic E-state index is 13.1. The van der Waals surface area contributed by atoms with Crippen molar-refractivity contribution in [2.24, 2.45) is 5.92 Å². The number of carbonyl (C=O) groups is 2. The standard InChI is InChI=1S/C26H31NO6/c1-24(2,3)33-23(29)27-26-21(17-32-22(26)28)25(26,19-11-8-12-20(15-19)30-4)13-14-31-16-18-9-6-5-7-10-18/h5-12,15,21H,13-14,16-17H2,1-4H3,(H,27,29)/t21-,25-,26-/m0/s1. The first-order valence-electron chi connectivity index (χ1n) is 11.2. The van der Waals surface area contributed by atoms with E-state index in [4.69, 9.17) is 18.9 Å². The third-order valence-corrected chi connectivity index (χ3v) is 6.48. The zero-order chi connectivity index (χ0) is 23.7. The number of fused-ring (bicyclic) bond motifs is 1. The zero-order valence-corrected chi connectivity index (χ0v) is 19.6. The van der Waals surface area contributed by atoms with Crippen molar-refractivity contribution < 1.29 is 28.5 Å². The van der Waals surface area contributed by atoms with Crippen LogP contribution in [0.25, 0.3) is 0 Å². The van der Waals surface area contributed by atoms with Gasteiger partial charge in [-0.3, -0.25) is 0 Å². The minimum atomic E-state index is -1.20. The van der Waals surface area contributed by atoms with Gasteiger partial charge in [-0.15, -0.1) is 0 Å². The molecule has 0 aromatic heterocycles. The van der Waals surface area contributed by atoms with Gasteiger partial charge in [0.15, 0.2) is 5.54 Å². The molecule has 0 bridgehead atoms. The highest BCUT2D eigenvalue weighted by atomic mass is 16.6. The van der Waals surface area contributed by atoms with Crippen molar-refractivity contribution >= 4 is 12.1 Å². The first-order chi connectivity index (χ1) is 15.7. The Morgan fingerprint density at radius 1 is 1.15 bits per heavy atom. The number of methoxy groups -OCH3 is 1. The van der Waals surface area contributed by atoms with Gasteiger partial charge in [0.1, 0.15) is 11.4 Å². The van der Waals surface area contributed by atoms with Crippen LogP contribution in [-0.4, -0.2) is 43.5 Å². The van der Waals surface area contributed by atoms with E-state index in [-0.39, 0.29) is 12.5 Å². The minimum Gasteiger partial charge on any atom is -0.497 e. The Balaban J connectivity index is 1.61. The number of nitrogens with one attached hydrogen (secondary N) is 1. The monoisotopic (exact) mass is 453 g/mol. The Bertz CT molecular complexity index is 1020. The number of alkyl carbamates (subject to hydrolysis) is 1. The SMILES string of the molecule is COc1cccc([C@@]2(CCOCc3ccccc3)[C@@H]3COC(=O)[C@@]32NC(=O)OC(C)(C)C)c1. The summed E-state index contributed by atoms with van der Waals surface area (Å²) in [6, 6.07) is 17.5. The number of hydrogen-bond acceptors (Lipinski definition) is 6. The molecule has 1 aliphatic heterocycles. The Kier molecular flexibility index (Phi) is 6.10. The van der Waals surface area contributed by atoms with Gasteiger partial charge in [-0.05, 0) is 50.5 Å². The summed E-state index contributed by atoms with van der Waals surface area (Å²) in [5.41, 5.74) is -0.583. The van der Waals surface area contributed by atoms with E-state index in [0.29, 0.717) is 25.4 Å². The largest absolute Gasteiger partial charge is 0.497 e. The molecule has 7 heteroatoms. The van der Waals surface area contributed by atoms with Crippen molar-refractivity contribution in [2.45, 2.75) is 50.4 Å². The highest BCUT2D eigenvalue weighted by molar-refractivity contribution is 5.96. The summed E-state index contributed by atoms with van der Waals surface area (Å²) < 4.78 is 22.3. The third kappa shape index (κ3) is 4.17. The van der Waals surface area contributed by atoms with Crippen LogP contribution in [0.1, 0.15) is 38.3 Å². The Morgan fingerprint density at radius 3 is 2.61 bits per heavy atom. The van der Waals surface area contributed by atoms with Gasteiger partial charge in [0.05, 0.1) is 20.3 Å². The molecule has 2 aromatic rings.